The third-order valence-corrected chi connectivity index (χ3v) is 5.34. The van der Waals surface area contributed by atoms with Gasteiger partial charge in [0.2, 0.25) is 0 Å². The molecule has 0 radical (unpaired) electrons. The van der Waals surface area contributed by atoms with E-state index in [4.69, 9.17) is 9.40 Å². The van der Waals surface area contributed by atoms with Crippen molar-refractivity contribution >= 4 is 28.1 Å². The van der Waals surface area contributed by atoms with Crippen molar-refractivity contribution in [1.29, 1.82) is 0 Å². The van der Waals surface area contributed by atoms with Crippen molar-refractivity contribution in [1.82, 2.24) is 10.3 Å². The van der Waals surface area contributed by atoms with Crippen LogP contribution < -0.4 is 5.32 Å². The number of amides is 1. The van der Waals surface area contributed by atoms with Crippen molar-refractivity contribution < 1.29 is 9.21 Å². The van der Waals surface area contributed by atoms with Gasteiger partial charge in [-0.3, -0.25) is 4.79 Å². The molecule has 0 saturated heterocycles. The van der Waals surface area contributed by atoms with Crippen LogP contribution >= 0.6 is 11.3 Å². The Bertz CT molecular complexity index is 1070. The molecule has 0 bridgehead atoms. The maximum Gasteiger partial charge on any atom is 0.252 e. The highest BCUT2D eigenvalue weighted by atomic mass is 32.1. The molecule has 0 unspecified atom stereocenters. The van der Waals surface area contributed by atoms with E-state index >= 15 is 0 Å². The predicted octanol–water partition coefficient (Wildman–Crippen LogP) is 5.10. The monoisotopic (exact) mass is 362 g/mol. The number of benzene rings is 1. The highest BCUT2D eigenvalue weighted by Crippen LogP contribution is 2.29. The summed E-state index contributed by atoms with van der Waals surface area (Å²) >= 11 is 1.61. The summed E-state index contributed by atoms with van der Waals surface area (Å²) in [5.41, 5.74) is 4.59. The number of carbonyl (C=O) groups excluding carboxylic acids is 1. The van der Waals surface area contributed by atoms with Crippen molar-refractivity contribution in [3.05, 3.63) is 76.6 Å². The van der Waals surface area contributed by atoms with E-state index in [-0.39, 0.29) is 5.91 Å². The van der Waals surface area contributed by atoms with E-state index in [1.54, 1.807) is 17.6 Å². The summed E-state index contributed by atoms with van der Waals surface area (Å²) in [4.78, 5) is 18.7. The molecule has 0 aliphatic rings. The van der Waals surface area contributed by atoms with Crippen LogP contribution in [-0.4, -0.2) is 10.9 Å². The van der Waals surface area contributed by atoms with Crippen LogP contribution in [0.3, 0.4) is 0 Å². The van der Waals surface area contributed by atoms with Gasteiger partial charge in [0, 0.05) is 5.39 Å². The predicted molar refractivity (Wildman–Crippen MR) is 104 cm³/mol. The number of furan rings is 1. The van der Waals surface area contributed by atoms with E-state index in [1.165, 1.54) is 0 Å². The van der Waals surface area contributed by atoms with Crippen molar-refractivity contribution in [3.63, 3.8) is 0 Å². The second-order valence-corrected chi connectivity index (χ2v) is 7.20. The Morgan fingerprint density at radius 1 is 1.15 bits per heavy atom. The van der Waals surface area contributed by atoms with Crippen LogP contribution in [0, 0.1) is 13.8 Å². The quantitative estimate of drug-likeness (QED) is 0.549. The second-order valence-electron chi connectivity index (χ2n) is 6.25. The van der Waals surface area contributed by atoms with E-state index in [1.807, 2.05) is 54.8 Å². The van der Waals surface area contributed by atoms with Crippen LogP contribution in [0.5, 0.6) is 0 Å². The molecule has 1 amide bonds. The van der Waals surface area contributed by atoms with Gasteiger partial charge in [0.15, 0.2) is 0 Å². The number of thiophene rings is 1. The summed E-state index contributed by atoms with van der Waals surface area (Å²) in [6.07, 6.45) is 1.60. The summed E-state index contributed by atoms with van der Waals surface area (Å²) in [7, 11) is 0. The largest absolute Gasteiger partial charge is 0.467 e. The fourth-order valence-corrected chi connectivity index (χ4v) is 3.59. The Morgan fingerprint density at radius 3 is 2.73 bits per heavy atom. The molecule has 1 aromatic carbocycles. The zero-order valence-electron chi connectivity index (χ0n) is 14.6. The Labute approximate surface area is 155 Å². The van der Waals surface area contributed by atoms with Crippen molar-refractivity contribution in [2.24, 2.45) is 0 Å². The smallest absolute Gasteiger partial charge is 0.252 e. The van der Waals surface area contributed by atoms with Crippen molar-refractivity contribution in [2.75, 3.05) is 0 Å². The number of aromatic nitrogens is 1. The van der Waals surface area contributed by atoms with Crippen LogP contribution in [0.25, 0.3) is 21.5 Å². The molecule has 4 nitrogen and oxygen atoms in total. The van der Waals surface area contributed by atoms with E-state index < -0.39 is 0 Å². The first-order valence-electron chi connectivity index (χ1n) is 8.38. The molecule has 3 heterocycles. The maximum absolute atomic E-state index is 12.9. The molecule has 0 fully saturated rings. The van der Waals surface area contributed by atoms with E-state index in [0.29, 0.717) is 12.1 Å². The van der Waals surface area contributed by atoms with Gasteiger partial charge in [-0.05, 0) is 66.8 Å². The number of hydrogen-bond donors (Lipinski definition) is 1. The van der Waals surface area contributed by atoms with Crippen LogP contribution in [0.15, 0.2) is 58.5 Å². The lowest BCUT2D eigenvalue weighted by molar-refractivity contribution is 0.0949. The molecular formula is C21H18N2O2S. The molecule has 0 aliphatic heterocycles. The molecule has 1 N–H and O–H groups in total. The van der Waals surface area contributed by atoms with Crippen LogP contribution in [0.2, 0.25) is 0 Å². The zero-order valence-corrected chi connectivity index (χ0v) is 15.4. The molecular weight excluding hydrogens is 344 g/mol. The Kier molecular flexibility index (Phi) is 4.31. The Morgan fingerprint density at radius 2 is 2.00 bits per heavy atom. The van der Waals surface area contributed by atoms with Gasteiger partial charge in [-0.15, -0.1) is 11.3 Å². The SMILES string of the molecule is Cc1cc2nc(-c3cccs3)cc(C(=O)NCc3ccco3)c2cc1C. The van der Waals surface area contributed by atoms with Gasteiger partial charge in [-0.25, -0.2) is 4.98 Å². The summed E-state index contributed by atoms with van der Waals surface area (Å²) in [6.45, 7) is 4.46. The minimum absolute atomic E-state index is 0.130. The zero-order chi connectivity index (χ0) is 18.1. The molecule has 0 saturated carbocycles. The second kappa shape index (κ2) is 6.77. The average Bonchev–Trinajstić information content (AvgIpc) is 3.33. The lowest BCUT2D eigenvalue weighted by Gasteiger charge is -2.11. The van der Waals surface area contributed by atoms with E-state index in [0.717, 1.165) is 38.4 Å². The summed E-state index contributed by atoms with van der Waals surface area (Å²) in [5.74, 6) is 0.595. The van der Waals surface area contributed by atoms with Crippen LogP contribution in [0.1, 0.15) is 27.2 Å². The van der Waals surface area contributed by atoms with E-state index in [9.17, 15) is 4.79 Å². The summed E-state index contributed by atoms with van der Waals surface area (Å²) in [5, 5.41) is 5.82. The van der Waals surface area contributed by atoms with Gasteiger partial charge in [0.1, 0.15) is 5.76 Å². The molecule has 0 aliphatic carbocycles. The third kappa shape index (κ3) is 3.13. The Balaban J connectivity index is 1.80. The van der Waals surface area contributed by atoms with Crippen molar-refractivity contribution in [2.45, 2.75) is 20.4 Å². The van der Waals surface area contributed by atoms with Gasteiger partial charge in [-0.1, -0.05) is 6.07 Å². The van der Waals surface area contributed by atoms with Gasteiger partial charge in [-0.2, -0.15) is 0 Å². The molecule has 0 atom stereocenters. The molecule has 3 aromatic heterocycles. The molecule has 4 rings (SSSR count). The summed E-state index contributed by atoms with van der Waals surface area (Å²) < 4.78 is 5.30. The van der Waals surface area contributed by atoms with Crippen molar-refractivity contribution in [3.8, 4) is 10.6 Å². The van der Waals surface area contributed by atoms with Crippen LogP contribution in [0.4, 0.5) is 0 Å². The van der Waals surface area contributed by atoms with Crippen LogP contribution in [-0.2, 0) is 6.54 Å². The Hall–Kier alpha value is -2.92. The van der Waals surface area contributed by atoms with Gasteiger partial charge in [0.25, 0.3) is 5.91 Å². The summed E-state index contributed by atoms with van der Waals surface area (Å²) in [6, 6.07) is 13.6. The van der Waals surface area contributed by atoms with Gasteiger partial charge < -0.3 is 9.73 Å². The molecule has 4 aromatic rings. The average molecular weight is 362 g/mol. The lowest BCUT2D eigenvalue weighted by atomic mass is 10.0. The fourth-order valence-electron chi connectivity index (χ4n) is 2.90. The third-order valence-electron chi connectivity index (χ3n) is 4.45. The normalized spacial score (nSPS) is 11.0. The number of nitrogens with zero attached hydrogens (tertiary/aromatic N) is 1. The standard InChI is InChI=1S/C21H18N2O2S/c1-13-9-16-17(21(24)22-12-15-5-3-7-25-15)11-19(20-6-4-8-26-20)23-18(16)10-14(13)2/h3-11H,12H2,1-2H3,(H,22,24). The number of pyridine rings is 1. The molecule has 5 heteroatoms. The first-order chi connectivity index (χ1) is 12.6. The number of fused-ring (bicyclic) bond motifs is 1. The molecule has 0 spiro atoms. The van der Waals surface area contributed by atoms with Gasteiger partial charge in [0.05, 0.1) is 34.5 Å². The molecule has 130 valence electrons. The number of rotatable bonds is 4. The number of nitrogens with one attached hydrogen (secondary N) is 1. The lowest BCUT2D eigenvalue weighted by Crippen LogP contribution is -2.23. The number of carbonyl (C=O) groups is 1. The number of hydrogen-bond acceptors (Lipinski definition) is 4. The minimum atomic E-state index is -0.130. The number of aryl methyl sites for hydroxylation is 2. The fraction of sp³-hybridized carbons (Fsp3) is 0.143. The minimum Gasteiger partial charge on any atom is -0.467 e. The molecule has 26 heavy (non-hydrogen) atoms. The highest BCUT2D eigenvalue weighted by Gasteiger charge is 2.15. The first-order valence-corrected chi connectivity index (χ1v) is 9.26. The van der Waals surface area contributed by atoms with Gasteiger partial charge >= 0.3 is 0 Å². The topological polar surface area (TPSA) is 55.1 Å². The highest BCUT2D eigenvalue weighted by molar-refractivity contribution is 7.13. The van der Waals surface area contributed by atoms with E-state index in [2.05, 4.69) is 12.2 Å². The maximum atomic E-state index is 12.9. The first kappa shape index (κ1) is 16.5.